The molecule has 0 aliphatic carbocycles. The third-order valence-corrected chi connectivity index (χ3v) is 25.5. The first-order chi connectivity index (χ1) is 51.1. The second-order valence-corrected chi connectivity index (χ2v) is 29.6. The summed E-state index contributed by atoms with van der Waals surface area (Å²) in [6.07, 6.45) is 10.7. The summed E-state index contributed by atoms with van der Waals surface area (Å²) in [6, 6.07) is 84.9. The van der Waals surface area contributed by atoms with Gasteiger partial charge < -0.3 is 18.6 Å². The fraction of sp³-hybridized carbons (Fsp3) is 0.0455. The summed E-state index contributed by atoms with van der Waals surface area (Å²) in [5, 5.41) is 13.6. The van der Waals surface area contributed by atoms with Crippen LogP contribution in [0.2, 0.25) is 0 Å². The minimum atomic E-state index is -0.611. The number of ether oxygens (including phenoxy) is 3. The minimum absolute atomic E-state index is 0.507. The molecule has 14 nitrogen and oxygen atoms in total. The highest BCUT2D eigenvalue weighted by atomic mass is 32.1. The van der Waals surface area contributed by atoms with Gasteiger partial charge in [0.1, 0.15) is 84.4 Å². The molecule has 12 aromatic heterocycles. The molecule has 3 atom stereocenters. The first-order valence-electron chi connectivity index (χ1n) is 35.1. The van der Waals surface area contributed by atoms with Crippen LogP contribution in [0.25, 0.3) is 148 Å². The highest BCUT2D eigenvalue weighted by Gasteiger charge is 2.72. The van der Waals surface area contributed by atoms with Gasteiger partial charge in [-0.1, -0.05) is 84.1 Å². The lowest BCUT2D eigenvalue weighted by Gasteiger charge is -2.28. The normalized spacial score (nSPS) is 18.3. The average molecular weight is 1340 g/mol. The van der Waals surface area contributed by atoms with Crippen LogP contribution in [0.5, 0.6) is 34.5 Å². The molecule has 30 rings (SSSR count). The third-order valence-electron chi connectivity index (χ3n) is 24.6. The molecule has 0 fully saturated rings. The van der Waals surface area contributed by atoms with E-state index in [1.54, 1.807) is 6.26 Å². The van der Waals surface area contributed by atoms with E-state index in [0.717, 1.165) is 51.4 Å². The molecule has 9 aliphatic heterocycles. The Kier molecular flexibility index (Phi) is 8.37. The van der Waals surface area contributed by atoms with E-state index in [9.17, 15) is 0 Å². The Labute approximate surface area is 585 Å². The van der Waals surface area contributed by atoms with Gasteiger partial charge in [0, 0.05) is 86.9 Å². The van der Waals surface area contributed by atoms with E-state index < -0.39 is 17.0 Å². The van der Waals surface area contributed by atoms with E-state index >= 15 is 0 Å². The molecular formula is C88H48N10O4S+6. The van der Waals surface area contributed by atoms with Crippen molar-refractivity contribution < 1.29 is 46.0 Å². The van der Waals surface area contributed by atoms with Gasteiger partial charge in [0.05, 0.1) is 52.4 Å². The number of nitrogens with zero attached hydrogens (tertiary/aromatic N) is 10. The van der Waals surface area contributed by atoms with Crippen molar-refractivity contribution in [2.45, 2.75) is 17.0 Å². The summed E-state index contributed by atoms with van der Waals surface area (Å²) in [6.45, 7) is 0. The van der Waals surface area contributed by atoms with Gasteiger partial charge >= 0.3 is 34.0 Å². The van der Waals surface area contributed by atoms with Gasteiger partial charge in [0.2, 0.25) is 33.1 Å². The lowest BCUT2D eigenvalue weighted by molar-refractivity contribution is -0.942. The quantitative estimate of drug-likeness (QED) is 0.112. The van der Waals surface area contributed by atoms with Crippen LogP contribution in [0.3, 0.4) is 0 Å². The number of hydrogen-bond acceptors (Lipinski definition) is 5. The Morgan fingerprint density at radius 1 is 0.320 bits per heavy atom. The number of thiophene rings is 1. The largest absolute Gasteiger partial charge is 0.456 e. The first kappa shape index (κ1) is 51.6. The molecule has 21 aromatic rings. The Bertz CT molecular complexity index is 7560. The number of fused-ring (bicyclic) bond motifs is 24. The Balaban J connectivity index is 0.0000000849. The summed E-state index contributed by atoms with van der Waals surface area (Å²) in [5.41, 5.74) is 25.9. The van der Waals surface area contributed by atoms with Gasteiger partial charge in [0.15, 0.2) is 29.6 Å². The van der Waals surface area contributed by atoms with Gasteiger partial charge in [-0.2, -0.15) is 17.9 Å². The molecular weight excluding hydrogens is 1290 g/mol. The van der Waals surface area contributed by atoms with Crippen molar-refractivity contribution in [1.82, 2.24) is 17.8 Å². The van der Waals surface area contributed by atoms with E-state index in [0.29, 0.717) is 0 Å². The predicted molar refractivity (Wildman–Crippen MR) is 391 cm³/mol. The summed E-state index contributed by atoms with van der Waals surface area (Å²) >= 11 is 1.82. The maximum atomic E-state index is 6.67. The van der Waals surface area contributed by atoms with Crippen molar-refractivity contribution in [1.29, 1.82) is 0 Å². The van der Waals surface area contributed by atoms with Crippen molar-refractivity contribution in [3.05, 3.63) is 306 Å². The number of aryl methyl sites for hydroxylation is 1. The van der Waals surface area contributed by atoms with Crippen molar-refractivity contribution in [3.8, 4) is 68.3 Å². The van der Waals surface area contributed by atoms with Crippen LogP contribution in [-0.2, 0) is 24.0 Å². The van der Waals surface area contributed by atoms with Crippen LogP contribution >= 0.6 is 11.3 Å². The molecule has 474 valence electrons. The molecule has 3 spiro atoms. The molecule has 3 unspecified atom stereocenters. The third kappa shape index (κ3) is 5.15. The fourth-order valence-electron chi connectivity index (χ4n) is 21.4. The number of aromatic nitrogens is 10. The smallest absolute Gasteiger partial charge is 0.374 e. The Hall–Kier alpha value is -13.5. The van der Waals surface area contributed by atoms with E-state index in [1.807, 2.05) is 11.3 Å². The van der Waals surface area contributed by atoms with Gasteiger partial charge in [-0.25, -0.2) is 4.40 Å². The van der Waals surface area contributed by atoms with Crippen LogP contribution in [0.15, 0.2) is 277 Å². The molecule has 21 heterocycles. The van der Waals surface area contributed by atoms with Crippen molar-refractivity contribution in [3.63, 3.8) is 0 Å². The van der Waals surface area contributed by atoms with E-state index in [1.165, 1.54) is 165 Å². The second-order valence-electron chi connectivity index (χ2n) is 28.7. The van der Waals surface area contributed by atoms with Crippen LogP contribution < -0.4 is 41.6 Å². The van der Waals surface area contributed by atoms with Gasteiger partial charge in [0.25, 0.3) is 5.65 Å². The van der Waals surface area contributed by atoms with Crippen molar-refractivity contribution in [2.75, 3.05) is 0 Å². The molecule has 0 saturated carbocycles. The number of pyridine rings is 6. The Morgan fingerprint density at radius 3 is 1.24 bits per heavy atom. The average Bonchev–Trinajstić information content (AvgIpc) is 1.48. The second kappa shape index (κ2) is 16.7. The van der Waals surface area contributed by atoms with Gasteiger partial charge in [-0.15, -0.1) is 18.3 Å². The molecule has 0 amide bonds. The van der Waals surface area contributed by atoms with Crippen LogP contribution in [-0.4, -0.2) is 17.8 Å². The zero-order valence-electron chi connectivity index (χ0n) is 54.5. The topological polar surface area (TPSA) is 82.3 Å². The molecule has 0 N–H and O–H groups in total. The van der Waals surface area contributed by atoms with Gasteiger partial charge in [-0.3, -0.25) is 4.57 Å². The number of furan rings is 1. The maximum absolute atomic E-state index is 6.67. The number of imidazole rings is 3. The summed E-state index contributed by atoms with van der Waals surface area (Å²) in [5.74, 6) is 5.58. The number of benzene rings is 9. The van der Waals surface area contributed by atoms with Crippen LogP contribution in [0, 0.1) is 0 Å². The lowest BCUT2D eigenvalue weighted by atomic mass is 9.86. The SMILES string of the molecule is Cn1ccc2c1[n+]1c3c4c5c(ccc4c4ccccc4n23)Oc2cccc3c2C51[n+]1ccccc1-3.c1cc2c3c(c1)-c1cccc[n+]1C31c3c(ccc4c5ccccc5n5c6ccoc6[n+]1c5c34)O2.c1cc2c3c(c1)-c1cccc[n+]1C31c3c(ccc4c5ccccc5n5c6ccsc6[n+]1c5c34)O2. The van der Waals surface area contributed by atoms with E-state index in [2.05, 4.69) is 319 Å². The minimum Gasteiger partial charge on any atom is -0.456 e. The number of rotatable bonds is 0. The zero-order valence-corrected chi connectivity index (χ0v) is 55.3. The molecule has 103 heavy (non-hydrogen) atoms. The highest BCUT2D eigenvalue weighted by Crippen LogP contribution is 2.62. The van der Waals surface area contributed by atoms with E-state index in [-0.39, 0.29) is 0 Å². The highest BCUT2D eigenvalue weighted by molar-refractivity contribution is 7.16. The fourth-order valence-corrected chi connectivity index (χ4v) is 22.3. The Morgan fingerprint density at radius 2 is 0.738 bits per heavy atom. The van der Waals surface area contributed by atoms with Crippen LogP contribution in [0.4, 0.5) is 0 Å². The van der Waals surface area contributed by atoms with Crippen LogP contribution in [0.1, 0.15) is 33.4 Å². The summed E-state index contributed by atoms with van der Waals surface area (Å²) < 4.78 is 50.8. The molecule has 0 saturated heterocycles. The standard InChI is InChI=1S/C30H18N4O.C29H15N3O2.C29H15N3OS/c1-31-16-14-22-28(31)34-29-25-18(17-7-2-3-10-21(17)33(22)29)12-13-24-27(25)30(34)26-19(8-6-11-23(26)35-24)20-9-4-5-15-32(20)30;1-2-9-20-16(6-1)17-11-12-23-26-24(17)27-31(20)21-13-15-33-28(21)32(27)29(26)25-18(7-5-10-22(25)34-23)19-8-3-4-14-30(19)29;1-2-9-20-16(6-1)17-11-12-23-26-24(17)27-31(20)21-13-15-34-28(21)32(27)29(26)25-18(7-5-10-22(25)33-23)19-8-3-4-14-30(19)29/h2-16H,1H3;2*1-15H/q3*+2. The molecule has 15 heteroatoms. The predicted octanol–water partition coefficient (Wildman–Crippen LogP) is 16.0. The van der Waals surface area contributed by atoms with Crippen molar-refractivity contribution in [2.24, 2.45) is 7.05 Å². The lowest BCUT2D eigenvalue weighted by Crippen LogP contribution is -2.72. The number of hydrogen-bond donors (Lipinski definition) is 0. The van der Waals surface area contributed by atoms with E-state index in [4.69, 9.17) is 18.6 Å². The first-order valence-corrected chi connectivity index (χ1v) is 36.0. The summed E-state index contributed by atoms with van der Waals surface area (Å²) in [4.78, 5) is 1.28. The summed E-state index contributed by atoms with van der Waals surface area (Å²) in [7, 11) is 2.16. The monoisotopic (exact) mass is 1340 g/mol. The van der Waals surface area contributed by atoms with Gasteiger partial charge in [-0.05, 0) is 115 Å². The zero-order chi connectivity index (χ0) is 66.1. The van der Waals surface area contributed by atoms with Crippen molar-refractivity contribution >= 4 is 126 Å². The molecule has 9 aromatic carbocycles. The maximum Gasteiger partial charge on any atom is 0.374 e. The number of para-hydroxylation sites is 3. The molecule has 0 bridgehead atoms. The molecule has 9 aliphatic rings. The molecule has 0 radical (unpaired) electrons.